The van der Waals surface area contributed by atoms with Crippen molar-refractivity contribution in [3.8, 4) is 0 Å². The third kappa shape index (κ3) is 3.77. The first-order valence-corrected chi connectivity index (χ1v) is 7.55. The van der Waals surface area contributed by atoms with Gasteiger partial charge in [-0.05, 0) is 24.1 Å². The van der Waals surface area contributed by atoms with Crippen LogP contribution in [0.5, 0.6) is 0 Å². The Morgan fingerprint density at radius 1 is 1.32 bits per heavy atom. The summed E-state index contributed by atoms with van der Waals surface area (Å²) in [6.45, 7) is 4.02. The highest BCUT2D eigenvalue weighted by atomic mass is 16.6. The minimum absolute atomic E-state index is 0.446. The maximum absolute atomic E-state index is 11.4. The molecule has 0 saturated carbocycles. The van der Waals surface area contributed by atoms with E-state index in [1.165, 1.54) is 6.92 Å². The molecule has 22 heavy (non-hydrogen) atoms. The molecule has 0 spiro atoms. The number of aliphatic hydroxyl groups is 1. The van der Waals surface area contributed by atoms with Gasteiger partial charge in [0.2, 0.25) is 0 Å². The highest BCUT2D eigenvalue weighted by Crippen LogP contribution is 2.34. The Morgan fingerprint density at radius 3 is 2.68 bits per heavy atom. The summed E-state index contributed by atoms with van der Waals surface area (Å²) in [5.41, 5.74) is -0.716. The molecule has 1 N–H and O–H groups in total. The molecule has 4 heteroatoms. The average molecular weight is 302 g/mol. The third-order valence-electron chi connectivity index (χ3n) is 3.55. The predicted octanol–water partition coefficient (Wildman–Crippen LogP) is 3.08. The average Bonchev–Trinajstić information content (AvgIpc) is 2.51. The lowest BCUT2D eigenvalue weighted by Gasteiger charge is -2.34. The highest BCUT2D eigenvalue weighted by Gasteiger charge is 2.40. The molecule has 0 amide bonds. The summed E-state index contributed by atoms with van der Waals surface area (Å²) in [4.78, 5) is 11.4. The summed E-state index contributed by atoms with van der Waals surface area (Å²) in [6.07, 6.45) is 6.18. The monoisotopic (exact) mass is 302 g/mol. The van der Waals surface area contributed by atoms with E-state index >= 15 is 0 Å². The molecule has 0 aliphatic heterocycles. The summed E-state index contributed by atoms with van der Waals surface area (Å²) >= 11 is 0. The Balaban J connectivity index is 2.24. The number of allylic oxidation sites excluding steroid dienone is 1. The van der Waals surface area contributed by atoms with Crippen molar-refractivity contribution in [1.82, 2.24) is 0 Å². The van der Waals surface area contributed by atoms with E-state index < -0.39 is 17.7 Å². The molecule has 0 bridgehead atoms. The summed E-state index contributed by atoms with van der Waals surface area (Å²) < 4.78 is 10.9. The molecule has 0 saturated heterocycles. The van der Waals surface area contributed by atoms with Gasteiger partial charge in [-0.25, -0.2) is 0 Å². The second kappa shape index (κ2) is 7.27. The Hall–Kier alpha value is -2.07. The number of benzene rings is 1. The third-order valence-corrected chi connectivity index (χ3v) is 3.55. The standard InChI is InChI=1S/C18H22O4/c1-3-4-12-21-16-10-11-18(20,15-8-6-5-7-9-15)17(13-16)22-14(2)19/h5-11,13,17,20H,3-4,12H2,1-2H3. The van der Waals surface area contributed by atoms with Crippen molar-refractivity contribution >= 4 is 5.97 Å². The lowest BCUT2D eigenvalue weighted by molar-refractivity contribution is -0.154. The van der Waals surface area contributed by atoms with Gasteiger partial charge in [-0.3, -0.25) is 4.79 Å². The van der Waals surface area contributed by atoms with Crippen molar-refractivity contribution < 1.29 is 19.4 Å². The molecule has 1 aliphatic carbocycles. The van der Waals surface area contributed by atoms with Crippen LogP contribution in [0.3, 0.4) is 0 Å². The Morgan fingerprint density at radius 2 is 2.05 bits per heavy atom. The van der Waals surface area contributed by atoms with Crippen molar-refractivity contribution in [2.75, 3.05) is 6.61 Å². The molecule has 0 heterocycles. The van der Waals surface area contributed by atoms with Crippen molar-refractivity contribution in [2.45, 2.75) is 38.4 Å². The Kier molecular flexibility index (Phi) is 5.39. The molecule has 0 aromatic heterocycles. The van der Waals surface area contributed by atoms with Crippen molar-refractivity contribution in [2.24, 2.45) is 0 Å². The Labute approximate surface area is 131 Å². The Bertz CT molecular complexity index is 562. The second-order valence-electron chi connectivity index (χ2n) is 5.33. The van der Waals surface area contributed by atoms with Crippen LogP contribution in [-0.4, -0.2) is 23.8 Å². The van der Waals surface area contributed by atoms with Crippen LogP contribution in [-0.2, 0) is 19.9 Å². The van der Waals surface area contributed by atoms with Crippen LogP contribution >= 0.6 is 0 Å². The summed E-state index contributed by atoms with van der Waals surface area (Å²) in [5, 5.41) is 11.0. The van der Waals surface area contributed by atoms with Crippen LogP contribution in [0.1, 0.15) is 32.3 Å². The van der Waals surface area contributed by atoms with Gasteiger partial charge in [0.15, 0.2) is 6.10 Å². The van der Waals surface area contributed by atoms with Gasteiger partial charge in [-0.1, -0.05) is 43.7 Å². The predicted molar refractivity (Wildman–Crippen MR) is 84.0 cm³/mol. The number of carbonyl (C=O) groups is 1. The highest BCUT2D eigenvalue weighted by molar-refractivity contribution is 5.66. The lowest BCUT2D eigenvalue weighted by atomic mass is 9.84. The van der Waals surface area contributed by atoms with E-state index in [2.05, 4.69) is 6.92 Å². The number of esters is 1. The van der Waals surface area contributed by atoms with Gasteiger partial charge in [-0.2, -0.15) is 0 Å². The van der Waals surface area contributed by atoms with E-state index in [4.69, 9.17) is 9.47 Å². The smallest absolute Gasteiger partial charge is 0.303 e. The normalized spacial score (nSPS) is 23.8. The lowest BCUT2D eigenvalue weighted by Crippen LogP contribution is -2.41. The first-order valence-electron chi connectivity index (χ1n) is 7.55. The molecule has 118 valence electrons. The minimum atomic E-state index is -1.38. The molecular formula is C18H22O4. The summed E-state index contributed by atoms with van der Waals surface area (Å²) in [6, 6.07) is 9.15. The van der Waals surface area contributed by atoms with E-state index in [-0.39, 0.29) is 0 Å². The quantitative estimate of drug-likeness (QED) is 0.648. The van der Waals surface area contributed by atoms with Crippen LogP contribution in [0.4, 0.5) is 0 Å². The van der Waals surface area contributed by atoms with Gasteiger partial charge in [0.25, 0.3) is 0 Å². The molecule has 1 aliphatic rings. The van der Waals surface area contributed by atoms with Crippen LogP contribution in [0.2, 0.25) is 0 Å². The zero-order chi connectivity index (χ0) is 16.0. The molecule has 2 rings (SSSR count). The van der Waals surface area contributed by atoms with Crippen LogP contribution in [0, 0.1) is 0 Å². The van der Waals surface area contributed by atoms with Crippen LogP contribution < -0.4 is 0 Å². The number of carbonyl (C=O) groups excluding carboxylic acids is 1. The number of hydrogen-bond donors (Lipinski definition) is 1. The molecule has 4 nitrogen and oxygen atoms in total. The summed E-state index contributed by atoms with van der Waals surface area (Å²) in [5.74, 6) is 0.166. The number of rotatable bonds is 6. The number of hydrogen-bond acceptors (Lipinski definition) is 4. The first-order chi connectivity index (χ1) is 10.6. The molecule has 1 aromatic carbocycles. The maximum atomic E-state index is 11.4. The van der Waals surface area contributed by atoms with Crippen LogP contribution in [0.25, 0.3) is 0 Å². The minimum Gasteiger partial charge on any atom is -0.494 e. The molecule has 2 atom stereocenters. The van der Waals surface area contributed by atoms with E-state index in [1.54, 1.807) is 30.4 Å². The van der Waals surface area contributed by atoms with Gasteiger partial charge >= 0.3 is 5.97 Å². The van der Waals surface area contributed by atoms with Gasteiger partial charge in [-0.15, -0.1) is 0 Å². The van der Waals surface area contributed by atoms with E-state index in [0.29, 0.717) is 17.9 Å². The first kappa shape index (κ1) is 16.3. The van der Waals surface area contributed by atoms with Gasteiger partial charge in [0.05, 0.1) is 6.61 Å². The van der Waals surface area contributed by atoms with Crippen molar-refractivity contribution in [3.05, 3.63) is 59.9 Å². The van der Waals surface area contributed by atoms with E-state index in [9.17, 15) is 9.90 Å². The second-order valence-corrected chi connectivity index (χ2v) is 5.33. The SMILES string of the molecule is CCCCOC1=CC(OC(C)=O)C(O)(c2ccccc2)C=C1. The largest absolute Gasteiger partial charge is 0.494 e. The topological polar surface area (TPSA) is 55.8 Å². The number of unbranched alkanes of at least 4 members (excludes halogenated alkanes) is 1. The molecule has 0 fully saturated rings. The molecule has 0 radical (unpaired) electrons. The fourth-order valence-corrected chi connectivity index (χ4v) is 2.33. The van der Waals surface area contributed by atoms with Gasteiger partial charge < -0.3 is 14.6 Å². The van der Waals surface area contributed by atoms with Crippen LogP contribution in [0.15, 0.2) is 54.3 Å². The summed E-state index contributed by atoms with van der Waals surface area (Å²) in [7, 11) is 0. The molecule has 2 unspecified atom stereocenters. The zero-order valence-corrected chi connectivity index (χ0v) is 13.0. The molecule has 1 aromatic rings. The van der Waals surface area contributed by atoms with Crippen molar-refractivity contribution in [1.29, 1.82) is 0 Å². The fraction of sp³-hybridized carbons (Fsp3) is 0.389. The maximum Gasteiger partial charge on any atom is 0.303 e. The van der Waals surface area contributed by atoms with E-state index in [0.717, 1.165) is 12.8 Å². The van der Waals surface area contributed by atoms with Crippen molar-refractivity contribution in [3.63, 3.8) is 0 Å². The van der Waals surface area contributed by atoms with E-state index in [1.807, 2.05) is 18.2 Å². The fourth-order valence-electron chi connectivity index (χ4n) is 2.33. The number of ether oxygens (including phenoxy) is 2. The van der Waals surface area contributed by atoms with Gasteiger partial charge in [0, 0.05) is 13.0 Å². The zero-order valence-electron chi connectivity index (χ0n) is 13.0. The van der Waals surface area contributed by atoms with Gasteiger partial charge in [0.1, 0.15) is 11.4 Å². The molecular weight excluding hydrogens is 280 g/mol.